The van der Waals surface area contributed by atoms with Crippen molar-refractivity contribution in [1.82, 2.24) is 4.98 Å². The van der Waals surface area contributed by atoms with Crippen molar-refractivity contribution >= 4 is 11.5 Å². The van der Waals surface area contributed by atoms with Gasteiger partial charge in [0.2, 0.25) is 0 Å². The number of nitrogen functional groups attached to an aromatic ring is 1. The largest absolute Gasteiger partial charge is 0.397 e. The lowest BCUT2D eigenvalue weighted by atomic mass is 10.2. The summed E-state index contributed by atoms with van der Waals surface area (Å²) in [6, 6.07) is 3.34. The molecule has 1 rings (SSSR count). The first-order valence-corrected chi connectivity index (χ1v) is 3.89. The smallest absolute Gasteiger partial charge is 0.195 e. The first-order valence-electron chi connectivity index (χ1n) is 3.89. The fraction of sp³-hybridized carbons (Fsp3) is 0.200. The van der Waals surface area contributed by atoms with Crippen LogP contribution in [0.2, 0.25) is 0 Å². The van der Waals surface area contributed by atoms with Crippen molar-refractivity contribution < 1.29 is 4.79 Å². The molecule has 0 aliphatic carbocycles. The molecule has 0 spiro atoms. The van der Waals surface area contributed by atoms with Gasteiger partial charge in [-0.15, -0.1) is 5.92 Å². The van der Waals surface area contributed by atoms with Gasteiger partial charge in [-0.3, -0.25) is 9.78 Å². The van der Waals surface area contributed by atoms with Crippen molar-refractivity contribution in [3.8, 4) is 11.8 Å². The summed E-state index contributed by atoms with van der Waals surface area (Å²) in [6.07, 6.45) is 1.72. The second-order valence-electron chi connectivity index (χ2n) is 2.47. The topological polar surface area (TPSA) is 56.0 Å². The number of carbonyl (C=O) groups excluding carboxylic acids is 1. The predicted molar refractivity (Wildman–Crippen MR) is 51.0 cm³/mol. The van der Waals surface area contributed by atoms with Gasteiger partial charge in [-0.2, -0.15) is 0 Å². The van der Waals surface area contributed by atoms with Gasteiger partial charge < -0.3 is 5.73 Å². The molecule has 3 heteroatoms. The Balaban J connectivity index is 2.87. The van der Waals surface area contributed by atoms with Crippen molar-refractivity contribution in [2.75, 3.05) is 5.73 Å². The Labute approximate surface area is 77.0 Å². The van der Waals surface area contributed by atoms with Gasteiger partial charge in [-0.1, -0.05) is 5.92 Å². The first-order chi connectivity index (χ1) is 6.25. The van der Waals surface area contributed by atoms with Crippen molar-refractivity contribution in [3.05, 3.63) is 24.0 Å². The van der Waals surface area contributed by atoms with Crippen LogP contribution in [0.4, 0.5) is 5.69 Å². The van der Waals surface area contributed by atoms with E-state index < -0.39 is 0 Å². The molecule has 1 heterocycles. The average molecular weight is 174 g/mol. The zero-order valence-electron chi connectivity index (χ0n) is 7.37. The highest BCUT2D eigenvalue weighted by atomic mass is 16.1. The zero-order chi connectivity index (χ0) is 9.68. The number of aromatic nitrogens is 1. The van der Waals surface area contributed by atoms with Crippen LogP contribution in [-0.2, 0) is 0 Å². The van der Waals surface area contributed by atoms with E-state index in [0.717, 1.165) is 0 Å². The molecule has 3 nitrogen and oxygen atoms in total. The number of pyridine rings is 1. The number of Topliss-reactive ketones (excluding diaryl/α,β-unsaturated/α-hetero) is 1. The lowest BCUT2D eigenvalue weighted by Gasteiger charge is -1.99. The molecule has 1 aromatic rings. The molecule has 2 N–H and O–H groups in total. The standard InChI is InChI=1S/C10H10N2O/c1-2-3-6-9(13)10-8(11)5-4-7-12-10/h4-5,7H,6,11H2,1H3. The molecule has 0 bridgehead atoms. The van der Waals surface area contributed by atoms with Crippen LogP contribution in [0.3, 0.4) is 0 Å². The van der Waals surface area contributed by atoms with Crippen LogP contribution in [0.25, 0.3) is 0 Å². The molecule has 0 radical (unpaired) electrons. The van der Waals surface area contributed by atoms with E-state index in [2.05, 4.69) is 16.8 Å². The van der Waals surface area contributed by atoms with Crippen LogP contribution in [-0.4, -0.2) is 10.8 Å². The SMILES string of the molecule is CC#CCC(=O)c1ncccc1N. The molecule has 0 fully saturated rings. The van der Waals surface area contributed by atoms with Gasteiger partial charge in [0.15, 0.2) is 5.78 Å². The van der Waals surface area contributed by atoms with Crippen molar-refractivity contribution in [1.29, 1.82) is 0 Å². The highest BCUT2D eigenvalue weighted by Crippen LogP contribution is 2.08. The van der Waals surface area contributed by atoms with E-state index in [1.54, 1.807) is 25.3 Å². The molecule has 0 aromatic carbocycles. The highest BCUT2D eigenvalue weighted by molar-refractivity contribution is 5.99. The maximum atomic E-state index is 11.4. The summed E-state index contributed by atoms with van der Waals surface area (Å²) >= 11 is 0. The Kier molecular flexibility index (Phi) is 3.04. The summed E-state index contributed by atoms with van der Waals surface area (Å²) in [5.74, 6) is 5.20. The van der Waals surface area contributed by atoms with Gasteiger partial charge in [0.1, 0.15) is 5.69 Å². The van der Waals surface area contributed by atoms with Crippen LogP contribution in [0.5, 0.6) is 0 Å². The zero-order valence-corrected chi connectivity index (χ0v) is 7.37. The Morgan fingerprint density at radius 2 is 2.46 bits per heavy atom. The van der Waals surface area contributed by atoms with Crippen molar-refractivity contribution in [2.24, 2.45) is 0 Å². The molecule has 0 unspecified atom stereocenters. The maximum Gasteiger partial charge on any atom is 0.195 e. The minimum absolute atomic E-state index is 0.132. The molecule has 0 saturated heterocycles. The monoisotopic (exact) mass is 174 g/mol. The van der Waals surface area contributed by atoms with Crippen LogP contribution >= 0.6 is 0 Å². The molecular formula is C10H10N2O. The molecule has 0 atom stereocenters. The van der Waals surface area contributed by atoms with Crippen LogP contribution < -0.4 is 5.73 Å². The highest BCUT2D eigenvalue weighted by Gasteiger charge is 2.08. The van der Waals surface area contributed by atoms with Gasteiger partial charge in [0.05, 0.1) is 12.1 Å². The van der Waals surface area contributed by atoms with Gasteiger partial charge in [-0.05, 0) is 19.1 Å². The van der Waals surface area contributed by atoms with Gasteiger partial charge in [-0.25, -0.2) is 0 Å². The summed E-state index contributed by atoms with van der Waals surface area (Å²) in [4.78, 5) is 15.3. The number of anilines is 1. The Bertz CT molecular complexity index is 374. The second-order valence-corrected chi connectivity index (χ2v) is 2.47. The van der Waals surface area contributed by atoms with E-state index in [9.17, 15) is 4.79 Å². The minimum Gasteiger partial charge on any atom is -0.397 e. The Hall–Kier alpha value is -1.82. The maximum absolute atomic E-state index is 11.4. The Morgan fingerprint density at radius 1 is 1.69 bits per heavy atom. The molecular weight excluding hydrogens is 164 g/mol. The third-order valence-corrected chi connectivity index (χ3v) is 1.53. The van der Waals surface area contributed by atoms with E-state index in [-0.39, 0.29) is 12.2 Å². The summed E-state index contributed by atoms with van der Waals surface area (Å²) in [7, 11) is 0. The fourth-order valence-corrected chi connectivity index (χ4v) is 0.903. The van der Waals surface area contributed by atoms with Crippen molar-refractivity contribution in [3.63, 3.8) is 0 Å². The van der Waals surface area contributed by atoms with Crippen LogP contribution in [0.15, 0.2) is 18.3 Å². The first kappa shape index (κ1) is 9.27. The minimum atomic E-state index is -0.132. The number of carbonyl (C=O) groups is 1. The molecule has 1 aromatic heterocycles. The van der Waals surface area contributed by atoms with Crippen molar-refractivity contribution in [2.45, 2.75) is 13.3 Å². The van der Waals surface area contributed by atoms with Gasteiger partial charge in [0, 0.05) is 6.20 Å². The summed E-state index contributed by atoms with van der Waals surface area (Å²) in [6.45, 7) is 1.69. The average Bonchev–Trinajstić information content (AvgIpc) is 2.15. The van der Waals surface area contributed by atoms with Gasteiger partial charge >= 0.3 is 0 Å². The molecule has 13 heavy (non-hydrogen) atoms. The molecule has 0 aliphatic heterocycles. The van der Waals surface area contributed by atoms with E-state index in [0.29, 0.717) is 11.4 Å². The van der Waals surface area contributed by atoms with E-state index in [1.807, 2.05) is 0 Å². The fourth-order valence-electron chi connectivity index (χ4n) is 0.903. The molecule has 0 saturated carbocycles. The quantitative estimate of drug-likeness (QED) is 0.542. The normalized spacial score (nSPS) is 8.69. The summed E-state index contributed by atoms with van der Waals surface area (Å²) in [5.41, 5.74) is 6.28. The number of nitrogens with zero attached hydrogens (tertiary/aromatic N) is 1. The molecule has 0 aliphatic rings. The van der Waals surface area contributed by atoms with Gasteiger partial charge in [0.25, 0.3) is 0 Å². The lowest BCUT2D eigenvalue weighted by molar-refractivity contribution is 0.0994. The second kappa shape index (κ2) is 4.27. The third kappa shape index (κ3) is 2.31. The number of rotatable bonds is 2. The predicted octanol–water partition coefficient (Wildman–Crippen LogP) is 1.26. The molecule has 0 amide bonds. The van der Waals surface area contributed by atoms with E-state index in [1.165, 1.54) is 0 Å². The third-order valence-electron chi connectivity index (χ3n) is 1.53. The van der Waals surface area contributed by atoms with E-state index in [4.69, 9.17) is 5.73 Å². The van der Waals surface area contributed by atoms with Crippen LogP contribution in [0.1, 0.15) is 23.8 Å². The number of hydrogen-bond acceptors (Lipinski definition) is 3. The molecule has 66 valence electrons. The lowest BCUT2D eigenvalue weighted by Crippen LogP contribution is -2.05. The number of ketones is 1. The summed E-state index contributed by atoms with van der Waals surface area (Å²) in [5, 5.41) is 0. The van der Waals surface area contributed by atoms with Crippen LogP contribution in [0, 0.1) is 11.8 Å². The number of hydrogen-bond donors (Lipinski definition) is 1. The van der Waals surface area contributed by atoms with E-state index >= 15 is 0 Å². The summed E-state index contributed by atoms with van der Waals surface area (Å²) < 4.78 is 0. The number of nitrogens with two attached hydrogens (primary N) is 1. The Morgan fingerprint density at radius 3 is 3.08 bits per heavy atom.